The van der Waals surface area contributed by atoms with Crippen molar-refractivity contribution < 1.29 is 13.2 Å². The molecule has 1 atom stereocenters. The summed E-state index contributed by atoms with van der Waals surface area (Å²) in [5, 5.41) is 3.25. The van der Waals surface area contributed by atoms with Crippen molar-refractivity contribution in [2.75, 3.05) is 6.54 Å². The molecule has 112 valence electrons. The van der Waals surface area contributed by atoms with Crippen molar-refractivity contribution >= 4 is 0 Å². The van der Waals surface area contributed by atoms with Crippen LogP contribution in [0.5, 0.6) is 0 Å². The van der Waals surface area contributed by atoms with Gasteiger partial charge in [-0.05, 0) is 23.6 Å². The van der Waals surface area contributed by atoms with Crippen LogP contribution in [0.2, 0.25) is 0 Å². The van der Waals surface area contributed by atoms with Gasteiger partial charge in [0, 0.05) is 17.7 Å². The molecule has 0 saturated heterocycles. The third-order valence-corrected chi connectivity index (χ3v) is 3.33. The number of rotatable bonds is 4. The molecule has 0 spiro atoms. The van der Waals surface area contributed by atoms with Crippen molar-refractivity contribution in [3.05, 3.63) is 47.7 Å². The summed E-state index contributed by atoms with van der Waals surface area (Å²) in [6, 6.07) is 5.33. The molecule has 0 amide bonds. The standard InChI is InChI=1S/C16H22F3N/c1-11(10-20-12(2)15(3,4)5)13-6-8-14(9-7-13)16(17,18)19/h6-9,11,20H,2,10H2,1,3-5H3. The van der Waals surface area contributed by atoms with E-state index in [2.05, 4.69) is 32.7 Å². The van der Waals surface area contributed by atoms with E-state index in [0.717, 1.165) is 23.4 Å². The molecule has 0 aliphatic heterocycles. The molecule has 0 bridgehead atoms. The van der Waals surface area contributed by atoms with Gasteiger partial charge in [0.25, 0.3) is 0 Å². The fourth-order valence-electron chi connectivity index (χ4n) is 1.66. The summed E-state index contributed by atoms with van der Waals surface area (Å²) in [7, 11) is 0. The molecular formula is C16H22F3N. The topological polar surface area (TPSA) is 12.0 Å². The van der Waals surface area contributed by atoms with E-state index in [1.54, 1.807) is 0 Å². The molecule has 0 radical (unpaired) electrons. The highest BCUT2D eigenvalue weighted by atomic mass is 19.4. The van der Waals surface area contributed by atoms with Crippen LogP contribution in [0.4, 0.5) is 13.2 Å². The predicted octanol–water partition coefficient (Wildman–Crippen LogP) is 4.96. The fraction of sp³-hybridized carbons (Fsp3) is 0.500. The van der Waals surface area contributed by atoms with Crippen molar-refractivity contribution in [2.45, 2.75) is 39.8 Å². The second-order valence-electron chi connectivity index (χ2n) is 6.13. The van der Waals surface area contributed by atoms with Crippen LogP contribution in [0.15, 0.2) is 36.5 Å². The van der Waals surface area contributed by atoms with Gasteiger partial charge in [-0.1, -0.05) is 46.4 Å². The molecule has 4 heteroatoms. The second kappa shape index (κ2) is 5.90. The molecule has 1 aromatic carbocycles. The first-order valence-corrected chi connectivity index (χ1v) is 6.62. The van der Waals surface area contributed by atoms with Gasteiger partial charge >= 0.3 is 6.18 Å². The number of benzene rings is 1. The minimum absolute atomic E-state index is 0.0279. The van der Waals surface area contributed by atoms with Gasteiger partial charge in [0.05, 0.1) is 5.56 Å². The van der Waals surface area contributed by atoms with Crippen LogP contribution in [0.25, 0.3) is 0 Å². The minimum Gasteiger partial charge on any atom is -0.388 e. The normalized spacial score (nSPS) is 13.9. The van der Waals surface area contributed by atoms with Crippen molar-refractivity contribution in [2.24, 2.45) is 5.41 Å². The number of alkyl halides is 3. The molecule has 1 N–H and O–H groups in total. The SMILES string of the molecule is C=C(NCC(C)c1ccc(C(F)(F)F)cc1)C(C)(C)C. The van der Waals surface area contributed by atoms with Gasteiger partial charge in [-0.2, -0.15) is 13.2 Å². The Hall–Kier alpha value is -1.45. The maximum absolute atomic E-state index is 12.5. The summed E-state index contributed by atoms with van der Waals surface area (Å²) < 4.78 is 37.4. The predicted molar refractivity (Wildman–Crippen MR) is 76.5 cm³/mol. The first-order valence-electron chi connectivity index (χ1n) is 6.62. The third-order valence-electron chi connectivity index (χ3n) is 3.33. The highest BCUT2D eigenvalue weighted by molar-refractivity contribution is 5.27. The Labute approximate surface area is 118 Å². The van der Waals surface area contributed by atoms with Crippen LogP contribution in [-0.2, 0) is 6.18 Å². The Morgan fingerprint density at radius 2 is 1.65 bits per heavy atom. The van der Waals surface area contributed by atoms with Gasteiger partial charge in [-0.15, -0.1) is 0 Å². The zero-order valence-corrected chi connectivity index (χ0v) is 12.4. The summed E-state index contributed by atoms with van der Waals surface area (Å²) in [6.45, 7) is 12.8. The molecule has 1 nitrogen and oxygen atoms in total. The molecule has 0 fully saturated rings. The quantitative estimate of drug-likeness (QED) is 0.824. The molecule has 1 rings (SSSR count). The average Bonchev–Trinajstić information content (AvgIpc) is 2.33. The molecule has 0 saturated carbocycles. The van der Waals surface area contributed by atoms with Gasteiger partial charge in [0.2, 0.25) is 0 Å². The van der Waals surface area contributed by atoms with Crippen LogP contribution in [0, 0.1) is 5.41 Å². The molecule has 0 heterocycles. The van der Waals surface area contributed by atoms with Crippen molar-refractivity contribution in [1.82, 2.24) is 5.32 Å². The zero-order chi connectivity index (χ0) is 15.6. The Bertz CT molecular complexity index is 452. The average molecular weight is 285 g/mol. The first-order chi connectivity index (χ1) is 9.01. The lowest BCUT2D eigenvalue weighted by molar-refractivity contribution is -0.137. The van der Waals surface area contributed by atoms with Crippen LogP contribution in [0.3, 0.4) is 0 Å². The summed E-state index contributed by atoms with van der Waals surface area (Å²) in [6.07, 6.45) is -4.28. The Balaban J connectivity index is 2.65. The molecule has 20 heavy (non-hydrogen) atoms. The molecule has 1 unspecified atom stereocenters. The molecule has 0 aliphatic carbocycles. The van der Waals surface area contributed by atoms with E-state index in [1.165, 1.54) is 12.1 Å². The Morgan fingerprint density at radius 3 is 2.05 bits per heavy atom. The zero-order valence-electron chi connectivity index (χ0n) is 12.4. The monoisotopic (exact) mass is 285 g/mol. The molecule has 0 aliphatic rings. The summed E-state index contributed by atoms with van der Waals surface area (Å²) in [4.78, 5) is 0. The lowest BCUT2D eigenvalue weighted by Crippen LogP contribution is -2.26. The van der Waals surface area contributed by atoms with Gasteiger partial charge in [-0.25, -0.2) is 0 Å². The van der Waals surface area contributed by atoms with Crippen LogP contribution in [0.1, 0.15) is 44.7 Å². The van der Waals surface area contributed by atoms with Crippen molar-refractivity contribution in [1.29, 1.82) is 0 Å². The van der Waals surface area contributed by atoms with E-state index in [9.17, 15) is 13.2 Å². The molecular weight excluding hydrogens is 263 g/mol. The van der Waals surface area contributed by atoms with Crippen molar-refractivity contribution in [3.8, 4) is 0 Å². The maximum Gasteiger partial charge on any atom is 0.416 e. The number of allylic oxidation sites excluding steroid dienone is 1. The number of nitrogens with one attached hydrogen (secondary N) is 1. The van der Waals surface area contributed by atoms with Crippen molar-refractivity contribution in [3.63, 3.8) is 0 Å². The van der Waals surface area contributed by atoms with E-state index < -0.39 is 11.7 Å². The summed E-state index contributed by atoms with van der Waals surface area (Å²) in [5.74, 6) is 0.122. The van der Waals surface area contributed by atoms with E-state index >= 15 is 0 Å². The first kappa shape index (κ1) is 16.6. The van der Waals surface area contributed by atoms with E-state index in [1.807, 2.05) is 6.92 Å². The summed E-state index contributed by atoms with van der Waals surface area (Å²) in [5.41, 5.74) is 1.17. The largest absolute Gasteiger partial charge is 0.416 e. The number of hydrogen-bond acceptors (Lipinski definition) is 1. The number of hydrogen-bond donors (Lipinski definition) is 1. The smallest absolute Gasteiger partial charge is 0.388 e. The van der Waals surface area contributed by atoms with Gasteiger partial charge in [0.15, 0.2) is 0 Å². The Morgan fingerprint density at radius 1 is 1.15 bits per heavy atom. The Kier molecular flexibility index (Phi) is 4.90. The lowest BCUT2D eigenvalue weighted by Gasteiger charge is -2.25. The molecule has 1 aromatic rings. The van der Waals surface area contributed by atoms with E-state index in [-0.39, 0.29) is 11.3 Å². The highest BCUT2D eigenvalue weighted by Gasteiger charge is 2.30. The van der Waals surface area contributed by atoms with Gasteiger partial charge in [0.1, 0.15) is 0 Å². The fourth-order valence-corrected chi connectivity index (χ4v) is 1.66. The number of halogens is 3. The van der Waals surface area contributed by atoms with Gasteiger partial charge in [-0.3, -0.25) is 0 Å². The lowest BCUT2D eigenvalue weighted by atomic mass is 9.92. The minimum atomic E-state index is -4.28. The third kappa shape index (κ3) is 4.58. The maximum atomic E-state index is 12.5. The highest BCUT2D eigenvalue weighted by Crippen LogP contribution is 2.30. The molecule has 0 aromatic heterocycles. The summed E-state index contributed by atoms with van der Waals surface area (Å²) >= 11 is 0. The van der Waals surface area contributed by atoms with Crippen LogP contribution < -0.4 is 5.32 Å². The van der Waals surface area contributed by atoms with Crippen LogP contribution >= 0.6 is 0 Å². The second-order valence-corrected chi connectivity index (χ2v) is 6.13. The van der Waals surface area contributed by atoms with E-state index in [0.29, 0.717) is 6.54 Å². The van der Waals surface area contributed by atoms with Crippen LogP contribution in [-0.4, -0.2) is 6.54 Å². The van der Waals surface area contributed by atoms with E-state index in [4.69, 9.17) is 0 Å². The van der Waals surface area contributed by atoms with Gasteiger partial charge < -0.3 is 5.32 Å².